The first-order chi connectivity index (χ1) is 12.0. The molecule has 9 nitrogen and oxygen atoms in total. The number of piperazine rings is 1. The van der Waals surface area contributed by atoms with Crippen molar-refractivity contribution in [1.82, 2.24) is 25.3 Å². The van der Waals surface area contributed by atoms with Crippen LogP contribution in [0, 0.1) is 10.1 Å². The van der Waals surface area contributed by atoms with Crippen LogP contribution in [-0.4, -0.2) is 77.1 Å². The minimum atomic E-state index is -0.482. The monoisotopic (exact) mass is 346 g/mol. The maximum atomic E-state index is 12.3. The maximum Gasteiger partial charge on any atom is 0.272 e. The van der Waals surface area contributed by atoms with Crippen molar-refractivity contribution >= 4 is 22.5 Å². The average molecular weight is 346 g/mol. The lowest BCUT2D eigenvalue weighted by atomic mass is 10.2. The maximum absolute atomic E-state index is 12.3. The number of nitro groups is 1. The molecule has 25 heavy (non-hydrogen) atoms. The zero-order valence-corrected chi connectivity index (χ0v) is 14.2. The van der Waals surface area contributed by atoms with E-state index in [2.05, 4.69) is 32.4 Å². The van der Waals surface area contributed by atoms with Crippen LogP contribution in [0.2, 0.25) is 0 Å². The molecular formula is C16H22N6O3. The number of hydrogen-bond acceptors (Lipinski definition) is 6. The molecule has 3 rings (SSSR count). The number of benzene rings is 1. The average Bonchev–Trinajstić information content (AvgIpc) is 3.03. The summed E-state index contributed by atoms with van der Waals surface area (Å²) in [4.78, 5) is 27.4. The fourth-order valence-corrected chi connectivity index (χ4v) is 2.95. The minimum absolute atomic E-state index is 0.0574. The number of aromatic amines is 1. The summed E-state index contributed by atoms with van der Waals surface area (Å²) in [6, 6.07) is 4.32. The third kappa shape index (κ3) is 4.12. The number of carbonyl (C=O) groups is 1. The minimum Gasteiger partial charge on any atom is -0.351 e. The van der Waals surface area contributed by atoms with Crippen molar-refractivity contribution in [2.75, 3.05) is 46.3 Å². The highest BCUT2D eigenvalue weighted by atomic mass is 16.6. The third-order valence-electron chi connectivity index (χ3n) is 4.50. The second-order valence-electron chi connectivity index (χ2n) is 6.31. The van der Waals surface area contributed by atoms with E-state index in [0.717, 1.165) is 39.1 Å². The van der Waals surface area contributed by atoms with Crippen LogP contribution in [0.3, 0.4) is 0 Å². The van der Waals surface area contributed by atoms with Gasteiger partial charge < -0.3 is 15.1 Å². The van der Waals surface area contributed by atoms with E-state index in [1.807, 2.05) is 0 Å². The van der Waals surface area contributed by atoms with Gasteiger partial charge in [-0.15, -0.1) is 0 Å². The molecule has 1 saturated heterocycles. The number of H-pyrrole nitrogens is 1. The molecule has 2 heterocycles. The fraction of sp³-hybridized carbons (Fsp3) is 0.500. The smallest absolute Gasteiger partial charge is 0.272 e. The first-order valence-electron chi connectivity index (χ1n) is 8.36. The topological polar surface area (TPSA) is 107 Å². The molecule has 1 aliphatic heterocycles. The molecule has 0 unspecified atom stereocenters. The number of nitrogens with one attached hydrogen (secondary N) is 2. The zero-order valence-electron chi connectivity index (χ0n) is 14.2. The summed E-state index contributed by atoms with van der Waals surface area (Å²) in [7, 11) is 2.12. The van der Waals surface area contributed by atoms with Crippen molar-refractivity contribution in [1.29, 1.82) is 0 Å². The Morgan fingerprint density at radius 3 is 2.84 bits per heavy atom. The number of aromatic nitrogens is 2. The van der Waals surface area contributed by atoms with Gasteiger partial charge in [0.05, 0.1) is 10.4 Å². The molecule has 0 spiro atoms. The van der Waals surface area contributed by atoms with Gasteiger partial charge in [-0.25, -0.2) is 0 Å². The van der Waals surface area contributed by atoms with E-state index in [0.29, 0.717) is 17.4 Å². The van der Waals surface area contributed by atoms with E-state index in [9.17, 15) is 14.9 Å². The Morgan fingerprint density at radius 1 is 1.36 bits per heavy atom. The summed E-state index contributed by atoms with van der Waals surface area (Å²) in [5.74, 6) is -0.315. The van der Waals surface area contributed by atoms with Crippen molar-refractivity contribution in [2.45, 2.75) is 6.42 Å². The molecule has 0 aliphatic carbocycles. The van der Waals surface area contributed by atoms with E-state index in [-0.39, 0.29) is 17.3 Å². The van der Waals surface area contributed by atoms with Crippen LogP contribution in [0.25, 0.3) is 10.9 Å². The van der Waals surface area contributed by atoms with Crippen molar-refractivity contribution in [2.24, 2.45) is 0 Å². The van der Waals surface area contributed by atoms with Gasteiger partial charge in [0.2, 0.25) is 0 Å². The summed E-state index contributed by atoms with van der Waals surface area (Å²) in [5, 5.41) is 20.9. The first kappa shape index (κ1) is 17.3. The summed E-state index contributed by atoms with van der Waals surface area (Å²) in [6.07, 6.45) is 0.859. The van der Waals surface area contributed by atoms with Gasteiger partial charge in [0.1, 0.15) is 0 Å². The summed E-state index contributed by atoms with van der Waals surface area (Å²) < 4.78 is 0. The number of nitro benzene ring substituents is 1. The fourth-order valence-electron chi connectivity index (χ4n) is 2.95. The van der Waals surface area contributed by atoms with Gasteiger partial charge in [-0.05, 0) is 26.1 Å². The van der Waals surface area contributed by atoms with Crippen LogP contribution < -0.4 is 5.32 Å². The van der Waals surface area contributed by atoms with Crippen LogP contribution in [0.4, 0.5) is 5.69 Å². The number of nitrogens with zero attached hydrogens (tertiary/aromatic N) is 4. The van der Waals surface area contributed by atoms with Crippen LogP contribution in [-0.2, 0) is 0 Å². The lowest BCUT2D eigenvalue weighted by molar-refractivity contribution is -0.384. The molecule has 1 fully saturated rings. The largest absolute Gasteiger partial charge is 0.351 e. The van der Waals surface area contributed by atoms with E-state index >= 15 is 0 Å². The molecule has 1 amide bonds. The van der Waals surface area contributed by atoms with Crippen molar-refractivity contribution in [3.63, 3.8) is 0 Å². The highest BCUT2D eigenvalue weighted by molar-refractivity contribution is 6.05. The van der Waals surface area contributed by atoms with Crippen molar-refractivity contribution < 1.29 is 9.72 Å². The number of fused-ring (bicyclic) bond motifs is 1. The summed E-state index contributed by atoms with van der Waals surface area (Å²) in [5.41, 5.74) is 0.740. The zero-order chi connectivity index (χ0) is 17.8. The highest BCUT2D eigenvalue weighted by Gasteiger charge is 2.17. The molecule has 1 aliphatic rings. The molecule has 2 aromatic rings. The van der Waals surface area contributed by atoms with Crippen molar-refractivity contribution in [3.8, 4) is 0 Å². The van der Waals surface area contributed by atoms with Gasteiger partial charge >= 0.3 is 0 Å². The molecule has 0 atom stereocenters. The lowest BCUT2D eigenvalue weighted by Gasteiger charge is -2.32. The number of non-ortho nitro benzene ring substituents is 1. The highest BCUT2D eigenvalue weighted by Crippen LogP contribution is 2.21. The van der Waals surface area contributed by atoms with Crippen LogP contribution in [0.15, 0.2) is 18.2 Å². The predicted molar refractivity (Wildman–Crippen MR) is 93.6 cm³/mol. The van der Waals surface area contributed by atoms with Crippen LogP contribution >= 0.6 is 0 Å². The summed E-state index contributed by atoms with van der Waals surface area (Å²) in [6.45, 7) is 5.75. The van der Waals surface area contributed by atoms with Gasteiger partial charge in [-0.1, -0.05) is 0 Å². The number of rotatable bonds is 6. The lowest BCUT2D eigenvalue weighted by Crippen LogP contribution is -2.45. The number of amides is 1. The Bertz CT molecular complexity index is 766. The molecule has 0 radical (unpaired) electrons. The Labute approximate surface area is 145 Å². The van der Waals surface area contributed by atoms with E-state index in [1.54, 1.807) is 6.07 Å². The molecule has 134 valence electrons. The Morgan fingerprint density at radius 2 is 2.12 bits per heavy atom. The first-order valence-corrected chi connectivity index (χ1v) is 8.36. The van der Waals surface area contributed by atoms with Crippen LogP contribution in [0.5, 0.6) is 0 Å². The van der Waals surface area contributed by atoms with Gasteiger partial charge in [0.15, 0.2) is 5.69 Å². The van der Waals surface area contributed by atoms with E-state index in [1.165, 1.54) is 12.1 Å². The van der Waals surface area contributed by atoms with Gasteiger partial charge in [-0.3, -0.25) is 20.0 Å². The van der Waals surface area contributed by atoms with Crippen molar-refractivity contribution in [3.05, 3.63) is 34.0 Å². The van der Waals surface area contributed by atoms with Gasteiger partial charge in [-0.2, -0.15) is 5.10 Å². The standard InChI is InChI=1S/C16H22N6O3/c1-20-7-9-21(10-8-20)6-2-5-17-16(23)15-13-11-12(22(24)25)3-4-14(13)18-19-15/h3-4,11H,2,5-10H2,1H3,(H,17,23)(H,18,19). The molecule has 1 aromatic carbocycles. The Hall–Kier alpha value is -2.52. The second kappa shape index (κ2) is 7.58. The third-order valence-corrected chi connectivity index (χ3v) is 4.50. The predicted octanol–water partition coefficient (Wildman–Crippen LogP) is 0.838. The van der Waals surface area contributed by atoms with E-state index < -0.39 is 4.92 Å². The number of likely N-dealkylation sites (N-methyl/N-ethyl adjacent to an activating group) is 1. The molecule has 1 aromatic heterocycles. The van der Waals surface area contributed by atoms with Gasteiger partial charge in [0.25, 0.3) is 11.6 Å². The quantitative estimate of drug-likeness (QED) is 0.456. The molecule has 2 N–H and O–H groups in total. The molecule has 0 saturated carbocycles. The molecular weight excluding hydrogens is 324 g/mol. The Balaban J connectivity index is 1.54. The SMILES string of the molecule is CN1CCN(CCCNC(=O)c2n[nH]c3ccc([N+](=O)[O-])cc23)CC1. The number of carbonyl (C=O) groups excluding carboxylic acids is 1. The molecule has 9 heteroatoms. The van der Waals surface area contributed by atoms with Gasteiger partial charge in [0, 0.05) is 50.2 Å². The molecule has 0 bridgehead atoms. The van der Waals surface area contributed by atoms with E-state index in [4.69, 9.17) is 0 Å². The normalized spacial score (nSPS) is 16.2. The van der Waals surface area contributed by atoms with Crippen LogP contribution in [0.1, 0.15) is 16.9 Å². The Kier molecular flexibility index (Phi) is 5.25. The number of hydrogen-bond donors (Lipinski definition) is 2. The second-order valence-corrected chi connectivity index (χ2v) is 6.31. The summed E-state index contributed by atoms with van der Waals surface area (Å²) >= 11 is 0.